The van der Waals surface area contributed by atoms with E-state index >= 15 is 0 Å². The molecule has 0 saturated carbocycles. The Morgan fingerprint density at radius 3 is 2.78 bits per heavy atom. The Morgan fingerprint density at radius 2 is 2.11 bits per heavy atom. The topological polar surface area (TPSA) is 35.5 Å². The van der Waals surface area contributed by atoms with E-state index in [0.717, 1.165) is 11.8 Å². The Balaban J connectivity index is 2.30. The molecule has 0 bridgehead atoms. The van der Waals surface area contributed by atoms with Gasteiger partial charge in [-0.2, -0.15) is 0 Å². The smallest absolute Gasteiger partial charge is 0.163 e. The molecule has 1 aromatic carbocycles. The van der Waals surface area contributed by atoms with E-state index in [9.17, 15) is 4.79 Å². The lowest BCUT2D eigenvalue weighted by atomic mass is 9.90. The van der Waals surface area contributed by atoms with Crippen LogP contribution < -0.4 is 0 Å². The quantitative estimate of drug-likeness (QED) is 0.771. The number of aldehydes is 1. The third-order valence-electron chi connectivity index (χ3n) is 3.38. The Bertz CT molecular complexity index is 426. The van der Waals surface area contributed by atoms with E-state index in [1.165, 1.54) is 5.56 Å². The van der Waals surface area contributed by atoms with Crippen LogP contribution in [0.1, 0.15) is 37.5 Å². The van der Waals surface area contributed by atoms with Crippen LogP contribution in [0.25, 0.3) is 0 Å². The molecule has 3 nitrogen and oxygen atoms in total. The van der Waals surface area contributed by atoms with Gasteiger partial charge in [0.2, 0.25) is 0 Å². The minimum Gasteiger partial charge on any atom is -0.350 e. The second-order valence-electron chi connectivity index (χ2n) is 5.27. The highest BCUT2D eigenvalue weighted by Gasteiger charge is 2.37. The van der Waals surface area contributed by atoms with E-state index in [1.807, 2.05) is 26.0 Å². The molecule has 2 rings (SSSR count). The number of carbonyl (C=O) groups is 1. The van der Waals surface area contributed by atoms with Crippen LogP contribution in [0.15, 0.2) is 24.3 Å². The third-order valence-corrected chi connectivity index (χ3v) is 3.38. The van der Waals surface area contributed by atoms with Gasteiger partial charge in [-0.1, -0.05) is 24.3 Å². The molecule has 0 radical (unpaired) electrons. The first kappa shape index (κ1) is 13.2. The highest BCUT2D eigenvalue weighted by Crippen LogP contribution is 2.38. The molecule has 18 heavy (non-hydrogen) atoms. The van der Waals surface area contributed by atoms with Crippen LogP contribution >= 0.6 is 0 Å². The molecule has 1 aliphatic heterocycles. The van der Waals surface area contributed by atoms with Crippen LogP contribution in [0.5, 0.6) is 0 Å². The number of hydrogen-bond donors (Lipinski definition) is 0. The SMILES string of the molecule is Cc1ccccc1[C@@H]1OC(C)(C)OC[C@@H]1CC=O. The molecule has 2 atom stereocenters. The molecule has 0 aromatic heterocycles. The summed E-state index contributed by atoms with van der Waals surface area (Å²) in [5, 5.41) is 0. The molecule has 98 valence electrons. The maximum atomic E-state index is 10.8. The first-order valence-corrected chi connectivity index (χ1v) is 6.34. The molecule has 0 amide bonds. The lowest BCUT2D eigenvalue weighted by molar-refractivity contribution is -0.295. The highest BCUT2D eigenvalue weighted by atomic mass is 16.7. The number of ether oxygens (including phenoxy) is 2. The fourth-order valence-corrected chi connectivity index (χ4v) is 2.37. The predicted molar refractivity (Wildman–Crippen MR) is 69.2 cm³/mol. The second-order valence-corrected chi connectivity index (χ2v) is 5.27. The van der Waals surface area contributed by atoms with Crippen molar-refractivity contribution in [2.45, 2.75) is 39.1 Å². The van der Waals surface area contributed by atoms with Crippen LogP contribution in [0, 0.1) is 12.8 Å². The number of rotatable bonds is 3. The first-order valence-electron chi connectivity index (χ1n) is 6.34. The average molecular weight is 248 g/mol. The molecule has 0 unspecified atom stereocenters. The van der Waals surface area contributed by atoms with Crippen molar-refractivity contribution >= 4 is 6.29 Å². The summed E-state index contributed by atoms with van der Waals surface area (Å²) in [6, 6.07) is 8.16. The summed E-state index contributed by atoms with van der Waals surface area (Å²) >= 11 is 0. The Hall–Kier alpha value is -1.19. The molecule has 1 aromatic rings. The maximum absolute atomic E-state index is 10.8. The molecule has 3 heteroatoms. The van der Waals surface area contributed by atoms with E-state index < -0.39 is 5.79 Å². The maximum Gasteiger partial charge on any atom is 0.163 e. The lowest BCUT2D eigenvalue weighted by Gasteiger charge is -2.41. The molecule has 1 heterocycles. The molecule has 0 aliphatic carbocycles. The summed E-state index contributed by atoms with van der Waals surface area (Å²) in [6.07, 6.45) is 1.34. The van der Waals surface area contributed by atoms with Crippen molar-refractivity contribution in [3.05, 3.63) is 35.4 Å². The summed E-state index contributed by atoms with van der Waals surface area (Å²) in [6.45, 7) is 6.45. The van der Waals surface area contributed by atoms with E-state index in [-0.39, 0.29) is 12.0 Å². The van der Waals surface area contributed by atoms with Gasteiger partial charge in [0, 0.05) is 12.3 Å². The Kier molecular flexibility index (Phi) is 3.83. The summed E-state index contributed by atoms with van der Waals surface area (Å²) in [7, 11) is 0. The van der Waals surface area contributed by atoms with Crippen molar-refractivity contribution in [2.75, 3.05) is 6.61 Å². The standard InChI is InChI=1S/C15H20O3/c1-11-6-4-5-7-13(11)14-12(8-9-16)10-17-15(2,3)18-14/h4-7,9,12,14H,8,10H2,1-3H3/t12-,14+/m0/s1. The zero-order valence-electron chi connectivity index (χ0n) is 11.2. The molecule has 0 N–H and O–H groups in total. The van der Waals surface area contributed by atoms with Crippen LogP contribution in [0.4, 0.5) is 0 Å². The predicted octanol–water partition coefficient (Wildman–Crippen LogP) is 3.02. The van der Waals surface area contributed by atoms with Gasteiger partial charge in [0.15, 0.2) is 5.79 Å². The second kappa shape index (κ2) is 5.21. The number of hydrogen-bond acceptors (Lipinski definition) is 3. The van der Waals surface area contributed by atoms with Crippen molar-refractivity contribution in [1.82, 2.24) is 0 Å². The summed E-state index contributed by atoms with van der Waals surface area (Å²) in [5.41, 5.74) is 2.34. The largest absolute Gasteiger partial charge is 0.350 e. The van der Waals surface area contributed by atoms with Gasteiger partial charge in [-0.05, 0) is 31.9 Å². The van der Waals surface area contributed by atoms with Crippen LogP contribution in [-0.2, 0) is 14.3 Å². The third kappa shape index (κ3) is 2.79. The van der Waals surface area contributed by atoms with E-state index in [2.05, 4.69) is 19.1 Å². The zero-order chi connectivity index (χ0) is 13.2. The van der Waals surface area contributed by atoms with E-state index in [0.29, 0.717) is 13.0 Å². The minimum atomic E-state index is -0.591. The van der Waals surface area contributed by atoms with Gasteiger partial charge in [-0.25, -0.2) is 0 Å². The summed E-state index contributed by atoms with van der Waals surface area (Å²) in [4.78, 5) is 10.8. The van der Waals surface area contributed by atoms with Gasteiger partial charge in [0.1, 0.15) is 6.29 Å². The first-order chi connectivity index (χ1) is 8.53. The molecule has 0 spiro atoms. The van der Waals surface area contributed by atoms with Crippen molar-refractivity contribution in [3.63, 3.8) is 0 Å². The zero-order valence-corrected chi connectivity index (χ0v) is 11.2. The number of carbonyl (C=O) groups excluding carboxylic acids is 1. The normalized spacial score (nSPS) is 26.8. The Labute approximate surface area is 108 Å². The van der Waals surface area contributed by atoms with E-state index in [4.69, 9.17) is 9.47 Å². The molecular weight excluding hydrogens is 228 g/mol. The molecule has 1 saturated heterocycles. The van der Waals surface area contributed by atoms with Gasteiger partial charge >= 0.3 is 0 Å². The van der Waals surface area contributed by atoms with Crippen LogP contribution in [0.3, 0.4) is 0 Å². The summed E-state index contributed by atoms with van der Waals surface area (Å²) in [5.74, 6) is -0.497. The van der Waals surface area contributed by atoms with Gasteiger partial charge in [0.05, 0.1) is 12.7 Å². The average Bonchev–Trinajstić information content (AvgIpc) is 2.32. The van der Waals surface area contributed by atoms with Crippen LogP contribution in [0.2, 0.25) is 0 Å². The van der Waals surface area contributed by atoms with Gasteiger partial charge < -0.3 is 14.3 Å². The fraction of sp³-hybridized carbons (Fsp3) is 0.533. The van der Waals surface area contributed by atoms with Gasteiger partial charge in [-0.15, -0.1) is 0 Å². The van der Waals surface area contributed by atoms with E-state index in [1.54, 1.807) is 0 Å². The number of benzene rings is 1. The molecule has 1 fully saturated rings. The number of aryl methyl sites for hydroxylation is 1. The molecule has 1 aliphatic rings. The van der Waals surface area contributed by atoms with Gasteiger partial charge in [0.25, 0.3) is 0 Å². The monoisotopic (exact) mass is 248 g/mol. The lowest BCUT2D eigenvalue weighted by Crippen LogP contribution is -2.41. The van der Waals surface area contributed by atoms with Crippen molar-refractivity contribution in [3.8, 4) is 0 Å². The molecular formula is C15H20O3. The minimum absolute atomic E-state index is 0.0693. The van der Waals surface area contributed by atoms with Crippen LogP contribution in [-0.4, -0.2) is 18.7 Å². The van der Waals surface area contributed by atoms with Gasteiger partial charge in [-0.3, -0.25) is 0 Å². The van der Waals surface area contributed by atoms with Crippen molar-refractivity contribution in [2.24, 2.45) is 5.92 Å². The van der Waals surface area contributed by atoms with Crippen molar-refractivity contribution in [1.29, 1.82) is 0 Å². The van der Waals surface area contributed by atoms with Crippen molar-refractivity contribution < 1.29 is 14.3 Å². The summed E-state index contributed by atoms with van der Waals surface area (Å²) < 4.78 is 11.7. The highest BCUT2D eigenvalue weighted by molar-refractivity contribution is 5.50. The fourth-order valence-electron chi connectivity index (χ4n) is 2.37. The Morgan fingerprint density at radius 1 is 1.39 bits per heavy atom.